The SMILES string of the molecule is Cc1cc(C(=O)COC(=O)Cc2c(Cl)cccc2Cl)c(C)n1CC1CCCO1. The monoisotopic (exact) mass is 423 g/mol. The minimum atomic E-state index is -0.545. The molecule has 1 aliphatic heterocycles. The molecule has 1 aromatic carbocycles. The van der Waals surface area contributed by atoms with Crippen molar-refractivity contribution in [3.05, 3.63) is 56.8 Å². The summed E-state index contributed by atoms with van der Waals surface area (Å²) in [5.41, 5.74) is 2.92. The van der Waals surface area contributed by atoms with Gasteiger partial charge < -0.3 is 14.0 Å². The van der Waals surface area contributed by atoms with Gasteiger partial charge in [0.05, 0.1) is 12.5 Å². The minimum Gasteiger partial charge on any atom is -0.457 e. The van der Waals surface area contributed by atoms with E-state index < -0.39 is 5.97 Å². The zero-order valence-electron chi connectivity index (χ0n) is 16.0. The largest absolute Gasteiger partial charge is 0.457 e. The number of ether oxygens (including phenoxy) is 2. The molecular weight excluding hydrogens is 401 g/mol. The summed E-state index contributed by atoms with van der Waals surface area (Å²) >= 11 is 12.1. The highest BCUT2D eigenvalue weighted by molar-refractivity contribution is 6.36. The van der Waals surface area contributed by atoms with Crippen molar-refractivity contribution in [3.8, 4) is 0 Å². The molecule has 1 saturated heterocycles. The number of carbonyl (C=O) groups is 2. The quantitative estimate of drug-likeness (QED) is 0.483. The van der Waals surface area contributed by atoms with Crippen LogP contribution in [0.15, 0.2) is 24.3 Å². The van der Waals surface area contributed by atoms with E-state index >= 15 is 0 Å². The second kappa shape index (κ2) is 9.12. The Labute approximate surface area is 174 Å². The van der Waals surface area contributed by atoms with Crippen molar-refractivity contribution in [1.82, 2.24) is 4.57 Å². The van der Waals surface area contributed by atoms with Crippen LogP contribution in [0.1, 0.15) is 40.2 Å². The number of benzene rings is 1. The van der Waals surface area contributed by atoms with Gasteiger partial charge in [0.25, 0.3) is 0 Å². The third-order valence-corrected chi connectivity index (χ3v) is 5.74. The number of hydrogen-bond donors (Lipinski definition) is 0. The van der Waals surface area contributed by atoms with Gasteiger partial charge in [0.15, 0.2) is 6.61 Å². The average Bonchev–Trinajstić information content (AvgIpc) is 3.26. The summed E-state index contributed by atoms with van der Waals surface area (Å²) in [5, 5.41) is 0.793. The predicted octanol–water partition coefficient (Wildman–Crippen LogP) is 4.56. The van der Waals surface area contributed by atoms with Gasteiger partial charge in [-0.2, -0.15) is 0 Å². The molecule has 2 aromatic rings. The number of aromatic nitrogens is 1. The molecular formula is C21H23Cl2NO4. The smallest absolute Gasteiger partial charge is 0.310 e. The molecule has 7 heteroatoms. The lowest BCUT2D eigenvalue weighted by atomic mass is 10.1. The van der Waals surface area contributed by atoms with Gasteiger partial charge in [0.1, 0.15) is 0 Å². The van der Waals surface area contributed by atoms with E-state index in [4.69, 9.17) is 32.7 Å². The van der Waals surface area contributed by atoms with Gasteiger partial charge in [-0.1, -0.05) is 29.3 Å². The average molecular weight is 424 g/mol. The maximum absolute atomic E-state index is 12.6. The van der Waals surface area contributed by atoms with Gasteiger partial charge in [-0.15, -0.1) is 0 Å². The number of rotatable bonds is 7. The fourth-order valence-electron chi connectivity index (χ4n) is 3.48. The molecule has 28 heavy (non-hydrogen) atoms. The number of ketones is 1. The van der Waals surface area contributed by atoms with Gasteiger partial charge in [-0.05, 0) is 44.9 Å². The Morgan fingerprint density at radius 2 is 1.96 bits per heavy atom. The zero-order chi connectivity index (χ0) is 20.3. The number of halogens is 2. The second-order valence-corrected chi connectivity index (χ2v) is 7.81. The molecule has 0 saturated carbocycles. The van der Waals surface area contributed by atoms with Crippen LogP contribution in [0, 0.1) is 13.8 Å². The molecule has 1 unspecified atom stereocenters. The summed E-state index contributed by atoms with van der Waals surface area (Å²) in [6, 6.07) is 6.86. The van der Waals surface area contributed by atoms with Gasteiger partial charge >= 0.3 is 5.97 Å². The van der Waals surface area contributed by atoms with E-state index in [-0.39, 0.29) is 24.9 Å². The van der Waals surface area contributed by atoms with Gasteiger partial charge in [-0.25, -0.2) is 0 Å². The zero-order valence-corrected chi connectivity index (χ0v) is 17.5. The van der Waals surface area contributed by atoms with Crippen LogP contribution in [0.3, 0.4) is 0 Å². The fourth-order valence-corrected chi connectivity index (χ4v) is 4.01. The summed E-state index contributed by atoms with van der Waals surface area (Å²) in [6.07, 6.45) is 2.21. The normalized spacial score (nSPS) is 16.4. The first kappa shape index (κ1) is 20.9. The van der Waals surface area contributed by atoms with Crippen LogP contribution < -0.4 is 0 Å². The lowest BCUT2D eigenvalue weighted by Gasteiger charge is -2.14. The van der Waals surface area contributed by atoms with Crippen molar-refractivity contribution >= 4 is 35.0 Å². The summed E-state index contributed by atoms with van der Waals surface area (Å²) in [4.78, 5) is 24.7. The Bertz CT molecular complexity index is 865. The number of nitrogens with zero attached hydrogens (tertiary/aromatic N) is 1. The van der Waals surface area contributed by atoms with E-state index in [1.54, 1.807) is 18.2 Å². The van der Waals surface area contributed by atoms with Crippen molar-refractivity contribution in [2.24, 2.45) is 0 Å². The Morgan fingerprint density at radius 3 is 2.61 bits per heavy atom. The third-order valence-electron chi connectivity index (χ3n) is 5.03. The van der Waals surface area contributed by atoms with Gasteiger partial charge in [0, 0.05) is 45.7 Å². The van der Waals surface area contributed by atoms with Crippen molar-refractivity contribution in [2.75, 3.05) is 13.2 Å². The molecule has 0 bridgehead atoms. The lowest BCUT2D eigenvalue weighted by molar-refractivity contribution is -0.141. The van der Waals surface area contributed by atoms with Crippen LogP contribution in [0.4, 0.5) is 0 Å². The van der Waals surface area contributed by atoms with E-state index in [2.05, 4.69) is 4.57 Å². The number of esters is 1. The molecule has 150 valence electrons. The van der Waals surface area contributed by atoms with E-state index in [0.29, 0.717) is 21.2 Å². The predicted molar refractivity (Wildman–Crippen MR) is 108 cm³/mol. The highest BCUT2D eigenvalue weighted by Gasteiger charge is 2.22. The number of hydrogen-bond acceptors (Lipinski definition) is 4. The van der Waals surface area contributed by atoms with Crippen LogP contribution in [-0.2, 0) is 27.2 Å². The van der Waals surface area contributed by atoms with Gasteiger partial charge in [-0.3, -0.25) is 9.59 Å². The maximum atomic E-state index is 12.6. The molecule has 0 spiro atoms. The number of aryl methyl sites for hydroxylation is 1. The first-order valence-corrected chi connectivity index (χ1v) is 10.0. The molecule has 1 aliphatic rings. The summed E-state index contributed by atoms with van der Waals surface area (Å²) in [7, 11) is 0. The molecule has 2 heterocycles. The number of Topliss-reactive ketones (excluding diaryl/α,β-unsaturated/α-hetero) is 1. The molecule has 1 aromatic heterocycles. The molecule has 1 fully saturated rings. The fraction of sp³-hybridized carbons (Fsp3) is 0.429. The van der Waals surface area contributed by atoms with Crippen LogP contribution >= 0.6 is 23.2 Å². The van der Waals surface area contributed by atoms with Crippen LogP contribution in [0.5, 0.6) is 0 Å². The van der Waals surface area contributed by atoms with Crippen LogP contribution in [-0.4, -0.2) is 35.6 Å². The Kier molecular flexibility index (Phi) is 6.81. The second-order valence-electron chi connectivity index (χ2n) is 6.99. The highest BCUT2D eigenvalue weighted by Crippen LogP contribution is 2.25. The van der Waals surface area contributed by atoms with E-state index in [1.165, 1.54) is 0 Å². The molecule has 1 atom stereocenters. The highest BCUT2D eigenvalue weighted by atomic mass is 35.5. The van der Waals surface area contributed by atoms with E-state index in [1.807, 2.05) is 19.9 Å². The van der Waals surface area contributed by atoms with Crippen molar-refractivity contribution in [3.63, 3.8) is 0 Å². The van der Waals surface area contributed by atoms with E-state index in [9.17, 15) is 9.59 Å². The van der Waals surface area contributed by atoms with Crippen molar-refractivity contribution in [1.29, 1.82) is 0 Å². The van der Waals surface area contributed by atoms with E-state index in [0.717, 1.165) is 37.4 Å². The lowest BCUT2D eigenvalue weighted by Crippen LogP contribution is -2.18. The minimum absolute atomic E-state index is 0.0795. The Morgan fingerprint density at radius 1 is 1.25 bits per heavy atom. The Hall–Kier alpha value is -1.82. The molecule has 3 rings (SSSR count). The van der Waals surface area contributed by atoms with Crippen LogP contribution in [0.2, 0.25) is 10.0 Å². The molecule has 0 radical (unpaired) electrons. The first-order chi connectivity index (χ1) is 13.4. The first-order valence-electron chi connectivity index (χ1n) is 9.27. The topological polar surface area (TPSA) is 57.5 Å². The van der Waals surface area contributed by atoms with Crippen molar-refractivity contribution in [2.45, 2.75) is 45.8 Å². The van der Waals surface area contributed by atoms with Crippen LogP contribution in [0.25, 0.3) is 0 Å². The summed E-state index contributed by atoms with van der Waals surface area (Å²) < 4.78 is 13.0. The molecule has 0 amide bonds. The molecule has 5 nitrogen and oxygen atoms in total. The number of carbonyl (C=O) groups excluding carboxylic acids is 2. The molecule has 0 aliphatic carbocycles. The summed E-state index contributed by atoms with van der Waals surface area (Å²) in [5.74, 6) is -0.776. The van der Waals surface area contributed by atoms with Crippen molar-refractivity contribution < 1.29 is 19.1 Å². The standard InChI is InChI=1S/C21H23Cl2NO4/c1-13-9-16(14(2)24(13)11-15-5-4-8-27-15)20(25)12-28-21(26)10-17-18(22)6-3-7-19(17)23/h3,6-7,9,15H,4-5,8,10-12H2,1-2H3. The summed E-state index contributed by atoms with van der Waals surface area (Å²) in [6.45, 7) is 5.08. The third kappa shape index (κ3) is 4.77. The van der Waals surface area contributed by atoms with Gasteiger partial charge in [0.2, 0.25) is 5.78 Å². The molecule has 0 N–H and O–H groups in total. The maximum Gasteiger partial charge on any atom is 0.310 e. The Balaban J connectivity index is 1.61.